The zero-order chi connectivity index (χ0) is 18.7. The zero-order valence-electron chi connectivity index (χ0n) is 14.9. The second kappa shape index (κ2) is 7.72. The summed E-state index contributed by atoms with van der Waals surface area (Å²) < 4.78 is 5.79. The number of hydrogen-bond donors (Lipinski definition) is 1. The summed E-state index contributed by atoms with van der Waals surface area (Å²) in [5.41, 5.74) is 1.24. The first-order valence-corrected chi connectivity index (χ1v) is 9.79. The van der Waals surface area contributed by atoms with Crippen LogP contribution in [0.2, 0.25) is 0 Å². The van der Waals surface area contributed by atoms with E-state index in [0.29, 0.717) is 36.3 Å². The maximum absolute atomic E-state index is 12.7. The predicted molar refractivity (Wildman–Crippen MR) is 104 cm³/mol. The number of benzene rings is 1. The molecule has 1 amide bonds. The lowest BCUT2D eigenvalue weighted by molar-refractivity contribution is -0.151. The van der Waals surface area contributed by atoms with Gasteiger partial charge in [0.25, 0.3) is 0 Å². The fraction of sp³-hybridized carbons (Fsp3) is 0.421. The number of nitrogens with zero attached hydrogens (tertiary/aromatic N) is 1. The second-order valence-electron chi connectivity index (χ2n) is 6.56. The summed E-state index contributed by atoms with van der Waals surface area (Å²) in [6, 6.07) is 9.72. The fourth-order valence-corrected chi connectivity index (χ4v) is 4.84. The van der Waals surface area contributed by atoms with Crippen LogP contribution in [0.5, 0.6) is 0 Å². The first-order chi connectivity index (χ1) is 12.5. The molecule has 0 bridgehead atoms. The third-order valence-electron chi connectivity index (χ3n) is 5.11. The molecule has 7 heteroatoms. The lowest BCUT2D eigenvalue weighted by Gasteiger charge is -2.40. The van der Waals surface area contributed by atoms with Crippen LogP contribution in [-0.4, -0.2) is 42.0 Å². The molecule has 1 aliphatic rings. The van der Waals surface area contributed by atoms with Crippen LogP contribution in [0, 0.1) is 10.9 Å². The number of hydrogen-bond acceptors (Lipinski definition) is 5. The van der Waals surface area contributed by atoms with Gasteiger partial charge >= 0.3 is 5.97 Å². The fourth-order valence-electron chi connectivity index (χ4n) is 3.56. The van der Waals surface area contributed by atoms with Gasteiger partial charge in [0.05, 0.1) is 18.9 Å². The van der Waals surface area contributed by atoms with Crippen LogP contribution in [0.1, 0.15) is 29.0 Å². The van der Waals surface area contributed by atoms with Crippen molar-refractivity contribution in [2.75, 3.05) is 20.2 Å². The van der Waals surface area contributed by atoms with Crippen molar-refractivity contribution < 1.29 is 14.3 Å². The Labute approximate surface area is 162 Å². The van der Waals surface area contributed by atoms with Gasteiger partial charge in [-0.3, -0.25) is 9.59 Å². The van der Waals surface area contributed by atoms with Crippen molar-refractivity contribution in [1.29, 1.82) is 0 Å². The highest BCUT2D eigenvalue weighted by Crippen LogP contribution is 2.37. The maximum Gasteiger partial charge on any atom is 0.316 e. The van der Waals surface area contributed by atoms with Crippen molar-refractivity contribution in [2.45, 2.75) is 31.6 Å². The number of ether oxygens (including phenoxy) is 1. The monoisotopic (exact) mass is 390 g/mol. The minimum absolute atomic E-state index is 0.0740. The number of H-pyrrole nitrogens is 1. The minimum Gasteiger partial charge on any atom is -0.468 e. The first-order valence-electron chi connectivity index (χ1n) is 8.56. The average molecular weight is 391 g/mol. The number of rotatable bonds is 4. The molecule has 0 atom stereocenters. The molecule has 0 unspecified atom stereocenters. The van der Waals surface area contributed by atoms with Crippen molar-refractivity contribution >= 4 is 35.4 Å². The van der Waals surface area contributed by atoms with Crippen LogP contribution in [0.3, 0.4) is 0 Å². The Morgan fingerprint density at radius 1 is 1.27 bits per heavy atom. The van der Waals surface area contributed by atoms with Crippen LogP contribution in [0.15, 0.2) is 30.3 Å². The van der Waals surface area contributed by atoms with E-state index in [1.807, 2.05) is 42.2 Å². The van der Waals surface area contributed by atoms with Gasteiger partial charge in [0.2, 0.25) is 5.91 Å². The summed E-state index contributed by atoms with van der Waals surface area (Å²) >= 11 is 6.59. The normalized spacial score (nSPS) is 16.3. The van der Waals surface area contributed by atoms with E-state index in [0.717, 1.165) is 16.1 Å². The van der Waals surface area contributed by atoms with E-state index in [1.54, 1.807) is 0 Å². The van der Waals surface area contributed by atoms with E-state index in [-0.39, 0.29) is 11.9 Å². The van der Waals surface area contributed by atoms with Gasteiger partial charge in [0.15, 0.2) is 3.95 Å². The molecule has 0 radical (unpaired) electrons. The average Bonchev–Trinajstić information content (AvgIpc) is 2.98. The molecule has 5 nitrogen and oxygen atoms in total. The molecule has 0 saturated carbocycles. The van der Waals surface area contributed by atoms with Gasteiger partial charge in [-0.15, -0.1) is 11.3 Å². The molecule has 0 spiro atoms. The SMILES string of the molecule is COC(=O)C1(c2ccccc2)CCN(C(=O)Cc2sc(=S)[nH]c2C)CC1. The molecule has 1 aliphatic heterocycles. The Morgan fingerprint density at radius 3 is 2.46 bits per heavy atom. The summed E-state index contributed by atoms with van der Waals surface area (Å²) in [6.45, 7) is 3.01. The number of nitrogens with one attached hydrogen (secondary N) is 1. The molecule has 2 aromatic rings. The molecule has 26 heavy (non-hydrogen) atoms. The minimum atomic E-state index is -0.673. The predicted octanol–water partition coefficient (Wildman–Crippen LogP) is 3.39. The van der Waals surface area contributed by atoms with Crippen molar-refractivity contribution in [3.8, 4) is 0 Å². The van der Waals surface area contributed by atoms with Crippen molar-refractivity contribution in [3.63, 3.8) is 0 Å². The Bertz CT molecular complexity index is 849. The Kier molecular flexibility index (Phi) is 5.58. The molecule has 0 aliphatic carbocycles. The highest BCUT2D eigenvalue weighted by atomic mass is 32.1. The molecule has 2 heterocycles. The van der Waals surface area contributed by atoms with Crippen LogP contribution >= 0.6 is 23.6 Å². The van der Waals surface area contributed by atoms with E-state index in [4.69, 9.17) is 17.0 Å². The smallest absolute Gasteiger partial charge is 0.316 e. The summed E-state index contributed by atoms with van der Waals surface area (Å²) in [7, 11) is 1.42. The van der Waals surface area contributed by atoms with Gasteiger partial charge in [-0.05, 0) is 37.5 Å². The van der Waals surface area contributed by atoms with E-state index in [1.165, 1.54) is 18.4 Å². The van der Waals surface area contributed by atoms with Crippen LogP contribution in [0.4, 0.5) is 0 Å². The lowest BCUT2D eigenvalue weighted by atomic mass is 9.72. The van der Waals surface area contributed by atoms with Crippen molar-refractivity contribution in [3.05, 3.63) is 50.4 Å². The number of aromatic nitrogens is 1. The highest BCUT2D eigenvalue weighted by Gasteiger charge is 2.44. The number of aromatic amines is 1. The first kappa shape index (κ1) is 18.8. The number of esters is 1. The second-order valence-corrected chi connectivity index (χ2v) is 8.33. The summed E-state index contributed by atoms with van der Waals surface area (Å²) in [6.07, 6.45) is 1.48. The third kappa shape index (κ3) is 3.59. The van der Waals surface area contributed by atoms with E-state index in [2.05, 4.69) is 4.98 Å². The largest absolute Gasteiger partial charge is 0.468 e. The van der Waals surface area contributed by atoms with Gasteiger partial charge in [-0.1, -0.05) is 30.3 Å². The number of likely N-dealkylation sites (tertiary alicyclic amines) is 1. The molecule has 3 rings (SSSR count). The molecule has 1 aromatic heterocycles. The van der Waals surface area contributed by atoms with E-state index in [9.17, 15) is 9.59 Å². The number of amides is 1. The lowest BCUT2D eigenvalue weighted by Crippen LogP contribution is -2.49. The van der Waals surface area contributed by atoms with Gasteiger partial charge in [-0.25, -0.2) is 0 Å². The number of aryl methyl sites for hydroxylation is 1. The highest BCUT2D eigenvalue weighted by molar-refractivity contribution is 7.73. The van der Waals surface area contributed by atoms with E-state index < -0.39 is 5.41 Å². The van der Waals surface area contributed by atoms with Crippen LogP contribution < -0.4 is 0 Å². The molecule has 138 valence electrons. The molecule has 1 aromatic carbocycles. The van der Waals surface area contributed by atoms with Gasteiger partial charge in [0, 0.05) is 23.7 Å². The Morgan fingerprint density at radius 2 is 1.92 bits per heavy atom. The van der Waals surface area contributed by atoms with Crippen molar-refractivity contribution in [1.82, 2.24) is 9.88 Å². The summed E-state index contributed by atoms with van der Waals surface area (Å²) in [4.78, 5) is 31.1. The standard InChI is InChI=1S/C19H22N2O3S2/c1-13-15(26-18(25)20-13)12-16(22)21-10-8-19(9-11-21,17(23)24-2)14-6-4-3-5-7-14/h3-7H,8-12H2,1-2H3,(H,20,25). The van der Waals surface area contributed by atoms with Crippen molar-refractivity contribution in [2.24, 2.45) is 0 Å². The maximum atomic E-state index is 12.7. The third-order valence-corrected chi connectivity index (χ3v) is 6.44. The molecule has 1 saturated heterocycles. The van der Waals surface area contributed by atoms with Gasteiger partial charge in [0.1, 0.15) is 0 Å². The number of carbonyl (C=O) groups is 2. The topological polar surface area (TPSA) is 62.4 Å². The number of carbonyl (C=O) groups excluding carboxylic acids is 2. The molecule has 1 fully saturated rings. The summed E-state index contributed by atoms with van der Waals surface area (Å²) in [5.74, 6) is -0.153. The number of methoxy groups -OCH3 is 1. The Balaban J connectivity index is 1.74. The Hall–Kier alpha value is -1.99. The number of thiazole rings is 1. The van der Waals surface area contributed by atoms with E-state index >= 15 is 0 Å². The molecule has 1 N–H and O–H groups in total. The van der Waals surface area contributed by atoms with Gasteiger partial charge < -0.3 is 14.6 Å². The molecular formula is C19H22N2O3S2. The number of piperidine rings is 1. The molecular weight excluding hydrogens is 368 g/mol. The van der Waals surface area contributed by atoms with Gasteiger partial charge in [-0.2, -0.15) is 0 Å². The zero-order valence-corrected chi connectivity index (χ0v) is 16.5. The van der Waals surface area contributed by atoms with Crippen LogP contribution in [0.25, 0.3) is 0 Å². The quantitative estimate of drug-likeness (QED) is 0.642. The summed E-state index contributed by atoms with van der Waals surface area (Å²) in [5, 5.41) is 0. The van der Waals surface area contributed by atoms with Crippen LogP contribution in [-0.2, 0) is 26.2 Å².